The molecule has 0 aliphatic rings. The van der Waals surface area contributed by atoms with Gasteiger partial charge in [0.2, 0.25) is 0 Å². The third-order valence-corrected chi connectivity index (χ3v) is 2.45. The van der Waals surface area contributed by atoms with E-state index in [4.69, 9.17) is 5.73 Å². The van der Waals surface area contributed by atoms with Crippen LogP contribution in [0.2, 0.25) is 0 Å². The zero-order valence-electron chi connectivity index (χ0n) is 11.3. The van der Waals surface area contributed by atoms with Gasteiger partial charge in [-0.25, -0.2) is 4.99 Å². The number of hydrogen-bond donors (Lipinski definition) is 1. The molecule has 0 atom stereocenters. The Morgan fingerprint density at radius 1 is 1.28 bits per heavy atom. The largest absolute Gasteiger partial charge is 0.387 e. The van der Waals surface area contributed by atoms with Crippen LogP contribution in [0.5, 0.6) is 0 Å². The average Bonchev–Trinajstić information content (AvgIpc) is 2.26. The predicted molar refractivity (Wildman–Crippen MR) is 82.0 cm³/mol. The number of hydrogen-bond acceptors (Lipinski definition) is 1. The van der Waals surface area contributed by atoms with E-state index in [9.17, 15) is 0 Å². The van der Waals surface area contributed by atoms with Crippen molar-refractivity contribution in [2.45, 2.75) is 20.8 Å². The van der Waals surface area contributed by atoms with Gasteiger partial charge in [0.1, 0.15) is 0 Å². The summed E-state index contributed by atoms with van der Waals surface area (Å²) < 4.78 is 0. The van der Waals surface area contributed by atoms with E-state index in [-0.39, 0.29) is 0 Å². The van der Waals surface area contributed by atoms with E-state index < -0.39 is 0 Å². The molecule has 94 valence electrons. The topological polar surface area (TPSA) is 38.4 Å². The highest BCUT2D eigenvalue weighted by Crippen LogP contribution is 2.25. The van der Waals surface area contributed by atoms with Crippen LogP contribution in [0.3, 0.4) is 0 Å². The summed E-state index contributed by atoms with van der Waals surface area (Å²) in [6, 6.07) is 5.97. The van der Waals surface area contributed by atoms with Gasteiger partial charge in [-0.3, -0.25) is 0 Å². The lowest BCUT2D eigenvalue weighted by Crippen LogP contribution is -2.03. The summed E-state index contributed by atoms with van der Waals surface area (Å²) in [4.78, 5) is 4.24. The number of nitrogens with zero attached hydrogens (tertiary/aromatic N) is 1. The van der Waals surface area contributed by atoms with Gasteiger partial charge in [0, 0.05) is 0 Å². The molecule has 0 fully saturated rings. The van der Waals surface area contributed by atoms with Gasteiger partial charge in [-0.15, -0.1) is 0 Å². The van der Waals surface area contributed by atoms with Gasteiger partial charge in [0.15, 0.2) is 0 Å². The van der Waals surface area contributed by atoms with Crippen molar-refractivity contribution in [1.29, 1.82) is 0 Å². The lowest BCUT2D eigenvalue weighted by atomic mass is 9.99. The first kappa shape index (κ1) is 14.0. The van der Waals surface area contributed by atoms with E-state index in [1.165, 1.54) is 0 Å². The van der Waals surface area contributed by atoms with Crippen molar-refractivity contribution in [3.63, 3.8) is 0 Å². The van der Waals surface area contributed by atoms with E-state index in [0.717, 1.165) is 28.0 Å². The van der Waals surface area contributed by atoms with E-state index >= 15 is 0 Å². The number of allylic oxidation sites excluding steroid dienone is 3. The molecule has 0 aliphatic carbocycles. The molecule has 0 aliphatic heterocycles. The summed E-state index contributed by atoms with van der Waals surface area (Å²) in [5.41, 5.74) is 10.8. The first-order chi connectivity index (χ1) is 8.43. The van der Waals surface area contributed by atoms with Crippen molar-refractivity contribution in [1.82, 2.24) is 0 Å². The Labute approximate surface area is 109 Å². The van der Waals surface area contributed by atoms with Gasteiger partial charge in [-0.2, -0.15) is 0 Å². The molecule has 2 nitrogen and oxygen atoms in total. The fourth-order valence-corrected chi connectivity index (χ4v) is 1.80. The van der Waals surface area contributed by atoms with E-state index in [1.54, 1.807) is 6.92 Å². The van der Waals surface area contributed by atoms with Crippen LogP contribution < -0.4 is 5.73 Å². The Kier molecular flexibility index (Phi) is 4.67. The number of aliphatic imine (C=N–C) groups is 1. The lowest BCUT2D eigenvalue weighted by molar-refractivity contribution is 1.42. The van der Waals surface area contributed by atoms with E-state index in [2.05, 4.69) is 31.2 Å². The second kappa shape index (κ2) is 6.01. The molecule has 1 aromatic carbocycles. The maximum absolute atomic E-state index is 5.58. The molecule has 0 aromatic heterocycles. The summed E-state index contributed by atoms with van der Waals surface area (Å²) in [5.74, 6) is 0.548. The molecule has 18 heavy (non-hydrogen) atoms. The summed E-state index contributed by atoms with van der Waals surface area (Å²) >= 11 is 0. The Morgan fingerprint density at radius 3 is 2.44 bits per heavy atom. The maximum atomic E-state index is 5.58. The Hall–Kier alpha value is -2.09. The summed E-state index contributed by atoms with van der Waals surface area (Å²) in [5, 5.41) is 0. The third kappa shape index (κ3) is 3.74. The number of benzene rings is 1. The smallest absolute Gasteiger partial charge is 0.0964 e. The molecule has 0 amide bonds. The molecule has 1 aromatic rings. The molecular weight excluding hydrogens is 220 g/mol. The number of rotatable bonds is 4. The monoisotopic (exact) mass is 240 g/mol. The summed E-state index contributed by atoms with van der Waals surface area (Å²) in [6.45, 7) is 13.6. The SMILES string of the molecule is C=Cc1cc(N=C(C)N)ccc1/C(C)=C\C(=C)C. The minimum Gasteiger partial charge on any atom is -0.387 e. The van der Waals surface area contributed by atoms with Crippen LogP contribution in [0, 0.1) is 0 Å². The summed E-state index contributed by atoms with van der Waals surface area (Å²) in [6.07, 6.45) is 3.88. The molecule has 0 unspecified atom stereocenters. The van der Waals surface area contributed by atoms with E-state index in [0.29, 0.717) is 5.84 Å². The second-order valence-corrected chi connectivity index (χ2v) is 4.40. The van der Waals surface area contributed by atoms with Crippen molar-refractivity contribution in [3.05, 3.63) is 54.1 Å². The molecule has 2 N–H and O–H groups in total. The van der Waals surface area contributed by atoms with Crippen LogP contribution in [-0.2, 0) is 0 Å². The lowest BCUT2D eigenvalue weighted by Gasteiger charge is -2.08. The van der Waals surface area contributed by atoms with Crippen LogP contribution in [0.4, 0.5) is 5.69 Å². The number of amidine groups is 1. The standard InChI is InChI=1S/C16H20N2/c1-6-14-10-15(18-13(5)17)7-8-16(14)12(4)9-11(2)3/h6-10H,1-2H2,3-5H3,(H2,17,18)/b12-9-. The molecule has 0 saturated heterocycles. The maximum Gasteiger partial charge on any atom is 0.0964 e. The second-order valence-electron chi connectivity index (χ2n) is 4.40. The van der Waals surface area contributed by atoms with Crippen molar-refractivity contribution in [2.75, 3.05) is 0 Å². The molecule has 2 heteroatoms. The fraction of sp³-hybridized carbons (Fsp3) is 0.188. The van der Waals surface area contributed by atoms with Gasteiger partial charge in [-0.05, 0) is 49.6 Å². The minimum absolute atomic E-state index is 0.548. The Morgan fingerprint density at radius 2 is 1.94 bits per heavy atom. The Bertz CT molecular complexity index is 530. The summed E-state index contributed by atoms with van der Waals surface area (Å²) in [7, 11) is 0. The van der Waals surface area contributed by atoms with Crippen LogP contribution in [0.25, 0.3) is 11.6 Å². The molecule has 0 spiro atoms. The highest BCUT2D eigenvalue weighted by molar-refractivity contribution is 5.82. The van der Waals surface area contributed by atoms with Crippen molar-refractivity contribution in [2.24, 2.45) is 10.7 Å². The Balaban J connectivity index is 3.28. The highest BCUT2D eigenvalue weighted by atomic mass is 14.8. The molecule has 1 rings (SSSR count). The minimum atomic E-state index is 0.548. The van der Waals surface area contributed by atoms with Crippen LogP contribution >= 0.6 is 0 Å². The van der Waals surface area contributed by atoms with E-state index in [1.807, 2.05) is 31.2 Å². The molecule has 0 heterocycles. The highest BCUT2D eigenvalue weighted by Gasteiger charge is 2.03. The normalized spacial score (nSPS) is 12.4. The molecule has 0 bridgehead atoms. The first-order valence-corrected chi connectivity index (χ1v) is 5.85. The van der Waals surface area contributed by atoms with Gasteiger partial charge in [-0.1, -0.05) is 36.9 Å². The molecule has 0 radical (unpaired) electrons. The third-order valence-electron chi connectivity index (χ3n) is 2.45. The van der Waals surface area contributed by atoms with Crippen molar-refractivity contribution in [3.8, 4) is 0 Å². The zero-order valence-corrected chi connectivity index (χ0v) is 11.3. The predicted octanol–water partition coefficient (Wildman–Crippen LogP) is 4.32. The number of nitrogens with two attached hydrogens (primary N) is 1. The van der Waals surface area contributed by atoms with Crippen LogP contribution in [-0.4, -0.2) is 5.84 Å². The van der Waals surface area contributed by atoms with Gasteiger partial charge in [0.25, 0.3) is 0 Å². The molecule has 0 saturated carbocycles. The molecular formula is C16H20N2. The van der Waals surface area contributed by atoms with Gasteiger partial charge < -0.3 is 5.73 Å². The van der Waals surface area contributed by atoms with Gasteiger partial charge >= 0.3 is 0 Å². The van der Waals surface area contributed by atoms with Crippen LogP contribution in [0.1, 0.15) is 31.9 Å². The van der Waals surface area contributed by atoms with Crippen LogP contribution in [0.15, 0.2) is 48.0 Å². The van der Waals surface area contributed by atoms with Crippen molar-refractivity contribution < 1.29 is 0 Å². The average molecular weight is 240 g/mol. The van der Waals surface area contributed by atoms with Crippen molar-refractivity contribution >= 4 is 23.2 Å². The quantitative estimate of drug-likeness (QED) is 0.475. The van der Waals surface area contributed by atoms with Gasteiger partial charge in [0.05, 0.1) is 11.5 Å². The fourth-order valence-electron chi connectivity index (χ4n) is 1.80. The first-order valence-electron chi connectivity index (χ1n) is 5.85. The zero-order chi connectivity index (χ0) is 13.7.